The molecule has 2 rings (SSSR count). The van der Waals surface area contributed by atoms with Crippen LogP contribution in [0.1, 0.15) is 25.7 Å². The van der Waals surface area contributed by atoms with E-state index in [0.29, 0.717) is 25.7 Å². The van der Waals surface area contributed by atoms with Crippen LogP contribution in [0, 0.1) is 5.82 Å². The normalized spacial score (nSPS) is 25.8. The third-order valence-corrected chi connectivity index (χ3v) is 5.50. The molecule has 1 aliphatic carbocycles. The van der Waals surface area contributed by atoms with Crippen molar-refractivity contribution in [1.29, 1.82) is 0 Å². The molecule has 3 nitrogen and oxygen atoms in total. The zero-order chi connectivity index (χ0) is 12.5. The van der Waals surface area contributed by atoms with Crippen LogP contribution in [-0.4, -0.2) is 24.9 Å². The summed E-state index contributed by atoms with van der Waals surface area (Å²) < 4.78 is 37.1. The van der Waals surface area contributed by atoms with Gasteiger partial charge in [0, 0.05) is 0 Å². The molecule has 0 atom stereocenters. The number of halogens is 1. The molecule has 17 heavy (non-hydrogen) atoms. The summed E-state index contributed by atoms with van der Waals surface area (Å²) in [5.41, 5.74) is 0. The van der Waals surface area contributed by atoms with Gasteiger partial charge >= 0.3 is 0 Å². The van der Waals surface area contributed by atoms with Gasteiger partial charge in [-0.3, -0.25) is 0 Å². The van der Waals surface area contributed by atoms with Crippen LogP contribution in [0.4, 0.5) is 4.39 Å². The average molecular weight is 258 g/mol. The fourth-order valence-corrected chi connectivity index (χ4v) is 3.97. The fraction of sp³-hybridized carbons (Fsp3) is 0.500. The van der Waals surface area contributed by atoms with Gasteiger partial charge in [-0.2, -0.15) is 0 Å². The topological polar surface area (TPSA) is 54.4 Å². The molecule has 0 unspecified atom stereocenters. The summed E-state index contributed by atoms with van der Waals surface area (Å²) in [6.07, 6.45) is 1.60. The molecule has 5 heteroatoms. The number of benzene rings is 1. The number of hydrogen-bond acceptors (Lipinski definition) is 3. The maximum atomic E-state index is 12.7. The van der Waals surface area contributed by atoms with Crippen molar-refractivity contribution in [3.05, 3.63) is 30.1 Å². The number of hydrogen-bond donors (Lipinski definition) is 1. The third kappa shape index (κ3) is 2.66. The SMILES string of the molecule is O=S(=O)(c1ccc(F)cc1)C1CCC(O)CC1. The van der Waals surface area contributed by atoms with Crippen molar-refractivity contribution in [3.63, 3.8) is 0 Å². The highest BCUT2D eigenvalue weighted by molar-refractivity contribution is 7.92. The number of sulfone groups is 1. The summed E-state index contributed by atoms with van der Waals surface area (Å²) in [7, 11) is -3.38. The highest BCUT2D eigenvalue weighted by Gasteiger charge is 2.31. The molecule has 0 bridgehead atoms. The Morgan fingerprint density at radius 1 is 1.06 bits per heavy atom. The maximum Gasteiger partial charge on any atom is 0.181 e. The van der Waals surface area contributed by atoms with Gasteiger partial charge in [-0.05, 0) is 49.9 Å². The van der Waals surface area contributed by atoms with Crippen molar-refractivity contribution < 1.29 is 17.9 Å². The first-order chi connectivity index (χ1) is 8.00. The molecular weight excluding hydrogens is 243 g/mol. The maximum absolute atomic E-state index is 12.7. The summed E-state index contributed by atoms with van der Waals surface area (Å²) in [6.45, 7) is 0. The largest absolute Gasteiger partial charge is 0.393 e. The van der Waals surface area contributed by atoms with E-state index in [9.17, 15) is 17.9 Å². The van der Waals surface area contributed by atoms with E-state index in [-0.39, 0.29) is 11.0 Å². The van der Waals surface area contributed by atoms with Gasteiger partial charge in [0.2, 0.25) is 0 Å². The van der Waals surface area contributed by atoms with Gasteiger partial charge in [-0.15, -0.1) is 0 Å². The Labute approximate surface area is 100 Å². The second-order valence-electron chi connectivity index (χ2n) is 4.43. The lowest BCUT2D eigenvalue weighted by molar-refractivity contribution is 0.131. The number of aliphatic hydroxyl groups excluding tert-OH is 1. The van der Waals surface area contributed by atoms with E-state index < -0.39 is 20.9 Å². The van der Waals surface area contributed by atoms with Gasteiger partial charge in [0.15, 0.2) is 9.84 Å². The molecule has 0 heterocycles. The minimum atomic E-state index is -3.38. The van der Waals surface area contributed by atoms with E-state index in [0.717, 1.165) is 12.1 Å². The summed E-state index contributed by atoms with van der Waals surface area (Å²) in [6, 6.07) is 4.92. The van der Waals surface area contributed by atoms with E-state index in [2.05, 4.69) is 0 Å². The van der Waals surface area contributed by atoms with Crippen molar-refractivity contribution in [2.45, 2.75) is 41.9 Å². The summed E-state index contributed by atoms with van der Waals surface area (Å²) in [4.78, 5) is 0.167. The van der Waals surface area contributed by atoms with Crippen molar-refractivity contribution >= 4 is 9.84 Å². The van der Waals surface area contributed by atoms with E-state index in [1.807, 2.05) is 0 Å². The Balaban J connectivity index is 2.21. The molecule has 1 saturated carbocycles. The minimum absolute atomic E-state index is 0.167. The molecule has 0 aliphatic heterocycles. The van der Waals surface area contributed by atoms with Crippen molar-refractivity contribution in [3.8, 4) is 0 Å². The first-order valence-electron chi connectivity index (χ1n) is 5.67. The molecule has 1 aliphatic rings. The van der Waals surface area contributed by atoms with E-state index >= 15 is 0 Å². The molecule has 1 fully saturated rings. The smallest absolute Gasteiger partial charge is 0.181 e. The predicted octanol–water partition coefficient (Wildman–Crippen LogP) is 1.90. The second kappa shape index (κ2) is 4.74. The molecule has 1 N–H and O–H groups in total. The summed E-state index contributed by atoms with van der Waals surface area (Å²) >= 11 is 0. The zero-order valence-electron chi connectivity index (χ0n) is 9.34. The monoisotopic (exact) mass is 258 g/mol. The van der Waals surface area contributed by atoms with E-state index in [1.165, 1.54) is 12.1 Å². The Bertz CT molecular complexity index is 473. The van der Waals surface area contributed by atoms with Gasteiger partial charge < -0.3 is 5.11 Å². The minimum Gasteiger partial charge on any atom is -0.393 e. The highest BCUT2D eigenvalue weighted by Crippen LogP contribution is 2.28. The highest BCUT2D eigenvalue weighted by atomic mass is 32.2. The van der Waals surface area contributed by atoms with E-state index in [1.54, 1.807) is 0 Å². The van der Waals surface area contributed by atoms with Gasteiger partial charge in [-0.25, -0.2) is 12.8 Å². The first kappa shape index (κ1) is 12.5. The molecule has 0 aromatic heterocycles. The van der Waals surface area contributed by atoms with Gasteiger partial charge in [-0.1, -0.05) is 0 Å². The Kier molecular flexibility index (Phi) is 3.49. The van der Waals surface area contributed by atoms with Gasteiger partial charge in [0.05, 0.1) is 16.2 Å². The molecule has 94 valence electrons. The predicted molar refractivity (Wildman–Crippen MR) is 61.8 cm³/mol. The molecule has 0 radical (unpaired) electrons. The van der Waals surface area contributed by atoms with Crippen LogP contribution in [0.2, 0.25) is 0 Å². The average Bonchev–Trinajstić information content (AvgIpc) is 2.30. The number of rotatable bonds is 2. The Morgan fingerprint density at radius 3 is 2.12 bits per heavy atom. The molecule has 1 aromatic rings. The van der Waals surface area contributed by atoms with Crippen molar-refractivity contribution in [2.75, 3.05) is 0 Å². The zero-order valence-corrected chi connectivity index (χ0v) is 10.2. The van der Waals surface area contributed by atoms with Crippen LogP contribution >= 0.6 is 0 Å². The molecule has 0 amide bonds. The van der Waals surface area contributed by atoms with Crippen LogP contribution in [0.3, 0.4) is 0 Å². The number of aliphatic hydroxyl groups is 1. The van der Waals surface area contributed by atoms with Gasteiger partial charge in [0.25, 0.3) is 0 Å². The van der Waals surface area contributed by atoms with Crippen LogP contribution in [-0.2, 0) is 9.84 Å². The Hall–Kier alpha value is -0.940. The van der Waals surface area contributed by atoms with Crippen LogP contribution in [0.5, 0.6) is 0 Å². The third-order valence-electron chi connectivity index (χ3n) is 3.22. The van der Waals surface area contributed by atoms with Crippen molar-refractivity contribution in [1.82, 2.24) is 0 Å². The van der Waals surface area contributed by atoms with E-state index in [4.69, 9.17) is 0 Å². The lowest BCUT2D eigenvalue weighted by Gasteiger charge is -2.25. The van der Waals surface area contributed by atoms with Crippen LogP contribution in [0.25, 0.3) is 0 Å². The lowest BCUT2D eigenvalue weighted by Crippen LogP contribution is -2.29. The molecule has 1 aromatic carbocycles. The molecule has 0 saturated heterocycles. The Morgan fingerprint density at radius 2 is 1.59 bits per heavy atom. The lowest BCUT2D eigenvalue weighted by atomic mass is 9.97. The fourth-order valence-electron chi connectivity index (χ4n) is 2.17. The second-order valence-corrected chi connectivity index (χ2v) is 6.66. The first-order valence-corrected chi connectivity index (χ1v) is 7.22. The quantitative estimate of drug-likeness (QED) is 0.824. The van der Waals surface area contributed by atoms with Crippen molar-refractivity contribution in [2.24, 2.45) is 0 Å². The summed E-state index contributed by atoms with van der Waals surface area (Å²) in [5, 5.41) is 8.91. The van der Waals surface area contributed by atoms with Gasteiger partial charge in [0.1, 0.15) is 5.82 Å². The molecule has 0 spiro atoms. The van der Waals surface area contributed by atoms with Crippen LogP contribution < -0.4 is 0 Å². The standard InChI is InChI=1S/C12H15FO3S/c13-9-1-5-11(6-2-9)17(15,16)12-7-3-10(14)4-8-12/h1-2,5-6,10,12,14H,3-4,7-8H2. The molecular formula is C12H15FO3S. The van der Waals surface area contributed by atoms with Crippen LogP contribution in [0.15, 0.2) is 29.2 Å². The summed E-state index contributed by atoms with van der Waals surface area (Å²) in [5.74, 6) is -0.442.